The van der Waals surface area contributed by atoms with E-state index in [4.69, 9.17) is 5.84 Å². The topological polar surface area (TPSA) is 87.5 Å². The van der Waals surface area contributed by atoms with Gasteiger partial charge in [0.2, 0.25) is 11.8 Å². The van der Waals surface area contributed by atoms with Gasteiger partial charge in [0.25, 0.3) is 0 Å². The molecule has 0 aromatic rings. The molecule has 2 amide bonds. The van der Waals surface area contributed by atoms with Crippen molar-refractivity contribution in [1.82, 2.24) is 15.9 Å². The lowest BCUT2D eigenvalue weighted by molar-refractivity contribution is -0.130. The van der Waals surface area contributed by atoms with Crippen molar-refractivity contribution in [3.05, 3.63) is 25.6 Å². The molecule has 0 bridgehead atoms. The number of hydrogen-bond acceptors (Lipinski definition) is 4. The standard InChI is InChI=1S/C10H18N4O2/c1-3-12-14(4-2)10(16)8-6-5-7-9(15)13-11/h3-4,12H,1-2,5-8,11H2,(H,13,15). The molecular formula is C10H18N4O2. The summed E-state index contributed by atoms with van der Waals surface area (Å²) in [5.74, 6) is 4.57. The van der Waals surface area contributed by atoms with E-state index in [9.17, 15) is 9.59 Å². The number of unbranched alkanes of at least 4 members (excludes halogenated alkanes) is 1. The first-order valence-corrected chi connectivity index (χ1v) is 4.96. The molecule has 0 aliphatic rings. The first-order valence-electron chi connectivity index (χ1n) is 4.96. The zero-order valence-corrected chi connectivity index (χ0v) is 9.24. The molecular weight excluding hydrogens is 208 g/mol. The van der Waals surface area contributed by atoms with E-state index in [1.807, 2.05) is 5.43 Å². The highest BCUT2D eigenvalue weighted by atomic mass is 16.2. The average molecular weight is 226 g/mol. The molecule has 0 heterocycles. The molecule has 0 aromatic carbocycles. The van der Waals surface area contributed by atoms with Crippen molar-refractivity contribution in [2.45, 2.75) is 25.7 Å². The summed E-state index contributed by atoms with van der Waals surface area (Å²) >= 11 is 0. The summed E-state index contributed by atoms with van der Waals surface area (Å²) in [6, 6.07) is 0. The molecule has 6 nitrogen and oxygen atoms in total. The van der Waals surface area contributed by atoms with E-state index in [2.05, 4.69) is 18.6 Å². The van der Waals surface area contributed by atoms with E-state index in [1.165, 1.54) is 17.4 Å². The second kappa shape index (κ2) is 8.49. The zero-order chi connectivity index (χ0) is 12.4. The molecule has 0 rings (SSSR count). The highest BCUT2D eigenvalue weighted by molar-refractivity contribution is 5.77. The van der Waals surface area contributed by atoms with Gasteiger partial charge in [-0.15, -0.1) is 0 Å². The van der Waals surface area contributed by atoms with Crippen LogP contribution in [-0.4, -0.2) is 16.8 Å². The van der Waals surface area contributed by atoms with E-state index in [-0.39, 0.29) is 11.8 Å². The van der Waals surface area contributed by atoms with Crippen LogP contribution >= 0.6 is 0 Å². The van der Waals surface area contributed by atoms with Crippen molar-refractivity contribution in [2.75, 3.05) is 0 Å². The van der Waals surface area contributed by atoms with Crippen LogP contribution in [0.1, 0.15) is 25.7 Å². The third kappa shape index (κ3) is 5.82. The summed E-state index contributed by atoms with van der Waals surface area (Å²) in [6.45, 7) is 6.93. The van der Waals surface area contributed by atoms with E-state index < -0.39 is 0 Å². The minimum atomic E-state index is -0.225. The summed E-state index contributed by atoms with van der Waals surface area (Å²) in [5, 5.41) is 1.25. The highest BCUT2D eigenvalue weighted by Gasteiger charge is 2.08. The number of nitrogens with one attached hydrogen (secondary N) is 2. The molecule has 0 radical (unpaired) electrons. The molecule has 0 unspecified atom stereocenters. The van der Waals surface area contributed by atoms with Crippen molar-refractivity contribution >= 4 is 11.8 Å². The Morgan fingerprint density at radius 2 is 1.88 bits per heavy atom. The Hall–Kier alpha value is -1.82. The van der Waals surface area contributed by atoms with E-state index >= 15 is 0 Å². The van der Waals surface area contributed by atoms with Crippen LogP contribution in [0.4, 0.5) is 0 Å². The molecule has 6 heteroatoms. The maximum absolute atomic E-state index is 11.5. The third-order valence-electron chi connectivity index (χ3n) is 1.89. The normalized spacial score (nSPS) is 9.06. The van der Waals surface area contributed by atoms with Crippen LogP contribution < -0.4 is 16.7 Å². The lowest BCUT2D eigenvalue weighted by Gasteiger charge is -2.16. The number of nitrogens with two attached hydrogens (primary N) is 1. The maximum atomic E-state index is 11.5. The molecule has 0 aromatic heterocycles. The van der Waals surface area contributed by atoms with Crippen molar-refractivity contribution in [1.29, 1.82) is 0 Å². The first-order chi connectivity index (χ1) is 7.65. The van der Waals surface area contributed by atoms with Crippen LogP contribution in [-0.2, 0) is 9.59 Å². The van der Waals surface area contributed by atoms with Gasteiger partial charge in [-0.05, 0) is 12.8 Å². The quantitative estimate of drug-likeness (QED) is 0.238. The number of nitrogens with zero attached hydrogens (tertiary/aromatic N) is 1. The fourth-order valence-electron chi connectivity index (χ4n) is 1.08. The zero-order valence-electron chi connectivity index (χ0n) is 9.24. The highest BCUT2D eigenvalue weighted by Crippen LogP contribution is 2.02. The summed E-state index contributed by atoms with van der Waals surface area (Å²) in [6.07, 6.45) is 4.67. The molecule has 90 valence electrons. The number of hydrogen-bond donors (Lipinski definition) is 3. The molecule has 0 atom stereocenters. The van der Waals surface area contributed by atoms with Crippen LogP contribution in [0.2, 0.25) is 0 Å². The lowest BCUT2D eigenvalue weighted by atomic mass is 10.2. The predicted octanol–water partition coefficient (Wildman–Crippen LogP) is 0.157. The Balaban J connectivity index is 3.75. The number of carbonyl (C=O) groups excluding carboxylic acids is 2. The average Bonchev–Trinajstić information content (AvgIpc) is 2.30. The van der Waals surface area contributed by atoms with Gasteiger partial charge < -0.3 is 0 Å². The third-order valence-corrected chi connectivity index (χ3v) is 1.89. The number of hydrazine groups is 2. The second-order valence-electron chi connectivity index (χ2n) is 3.05. The van der Waals surface area contributed by atoms with Gasteiger partial charge >= 0.3 is 0 Å². The van der Waals surface area contributed by atoms with Gasteiger partial charge in [-0.25, -0.2) is 10.9 Å². The van der Waals surface area contributed by atoms with Crippen LogP contribution in [0.25, 0.3) is 0 Å². The molecule has 0 saturated carbocycles. The molecule has 16 heavy (non-hydrogen) atoms. The Morgan fingerprint density at radius 1 is 1.25 bits per heavy atom. The lowest BCUT2D eigenvalue weighted by Crippen LogP contribution is -2.34. The Kier molecular flexibility index (Phi) is 7.52. The first kappa shape index (κ1) is 14.2. The fourth-order valence-corrected chi connectivity index (χ4v) is 1.08. The van der Waals surface area contributed by atoms with Gasteiger partial charge in [-0.2, -0.15) is 0 Å². The van der Waals surface area contributed by atoms with E-state index in [0.29, 0.717) is 25.7 Å². The van der Waals surface area contributed by atoms with Crippen LogP contribution in [0.5, 0.6) is 0 Å². The molecule has 0 spiro atoms. The molecule has 0 aliphatic carbocycles. The SMILES string of the molecule is C=CNN(C=C)C(=O)CCCCC(=O)NN. The second-order valence-corrected chi connectivity index (χ2v) is 3.05. The van der Waals surface area contributed by atoms with Gasteiger partial charge in [0.15, 0.2) is 0 Å². The molecule has 0 aliphatic heterocycles. The molecule has 4 N–H and O–H groups in total. The van der Waals surface area contributed by atoms with Gasteiger partial charge in [-0.1, -0.05) is 13.2 Å². The minimum Gasteiger partial charge on any atom is -0.300 e. The predicted molar refractivity (Wildman–Crippen MR) is 61.2 cm³/mol. The van der Waals surface area contributed by atoms with Crippen molar-refractivity contribution in [3.63, 3.8) is 0 Å². The van der Waals surface area contributed by atoms with Crippen LogP contribution in [0, 0.1) is 0 Å². The Bertz CT molecular complexity index is 266. The smallest absolute Gasteiger partial charge is 0.245 e. The maximum Gasteiger partial charge on any atom is 0.245 e. The number of amides is 2. The monoisotopic (exact) mass is 226 g/mol. The Labute approximate surface area is 95.1 Å². The van der Waals surface area contributed by atoms with Crippen molar-refractivity contribution in [3.8, 4) is 0 Å². The summed E-state index contributed by atoms with van der Waals surface area (Å²) < 4.78 is 0. The fraction of sp³-hybridized carbons (Fsp3) is 0.400. The molecule has 0 fully saturated rings. The number of carbonyl (C=O) groups is 2. The van der Waals surface area contributed by atoms with Gasteiger partial charge in [-0.3, -0.25) is 20.4 Å². The van der Waals surface area contributed by atoms with Gasteiger partial charge in [0, 0.05) is 25.2 Å². The van der Waals surface area contributed by atoms with Gasteiger partial charge in [0.05, 0.1) is 0 Å². The van der Waals surface area contributed by atoms with E-state index in [1.54, 1.807) is 0 Å². The van der Waals surface area contributed by atoms with Gasteiger partial charge in [0.1, 0.15) is 0 Å². The molecule has 0 saturated heterocycles. The minimum absolute atomic E-state index is 0.122. The Morgan fingerprint density at radius 3 is 2.38 bits per heavy atom. The van der Waals surface area contributed by atoms with Crippen molar-refractivity contribution in [2.24, 2.45) is 5.84 Å². The van der Waals surface area contributed by atoms with E-state index in [0.717, 1.165) is 0 Å². The summed E-state index contributed by atoms with van der Waals surface area (Å²) in [7, 11) is 0. The van der Waals surface area contributed by atoms with Crippen LogP contribution in [0.3, 0.4) is 0 Å². The number of rotatable bonds is 8. The summed E-state index contributed by atoms with van der Waals surface area (Å²) in [5.41, 5.74) is 4.65. The summed E-state index contributed by atoms with van der Waals surface area (Å²) in [4.78, 5) is 22.3. The van der Waals surface area contributed by atoms with Crippen molar-refractivity contribution < 1.29 is 9.59 Å². The largest absolute Gasteiger partial charge is 0.300 e. The van der Waals surface area contributed by atoms with Crippen LogP contribution in [0.15, 0.2) is 25.6 Å².